The average Bonchev–Trinajstić information content (AvgIpc) is 2.64. The zero-order valence-corrected chi connectivity index (χ0v) is 19.2. The first-order valence-corrected chi connectivity index (χ1v) is 12.6. The van der Waals surface area contributed by atoms with Gasteiger partial charge in [-0.15, -0.1) is 0 Å². The summed E-state index contributed by atoms with van der Waals surface area (Å²) in [4.78, 5) is 12.3. The van der Waals surface area contributed by atoms with Crippen molar-refractivity contribution < 1.29 is 13.2 Å². The van der Waals surface area contributed by atoms with Crippen LogP contribution < -0.4 is 9.62 Å². The first-order valence-electron chi connectivity index (χ1n) is 9.62. The number of sulfonamides is 1. The minimum Gasteiger partial charge on any atom is -0.354 e. The van der Waals surface area contributed by atoms with E-state index in [0.29, 0.717) is 12.2 Å². The predicted molar refractivity (Wildman–Crippen MR) is 123 cm³/mol. The summed E-state index contributed by atoms with van der Waals surface area (Å²) in [6, 6.07) is 13.9. The van der Waals surface area contributed by atoms with Crippen molar-refractivity contribution in [1.29, 1.82) is 0 Å². The van der Waals surface area contributed by atoms with Crippen LogP contribution in [-0.4, -0.2) is 39.4 Å². The molecule has 0 saturated heterocycles. The van der Waals surface area contributed by atoms with E-state index in [9.17, 15) is 13.2 Å². The van der Waals surface area contributed by atoms with E-state index in [1.807, 2.05) is 31.7 Å². The highest BCUT2D eigenvalue weighted by molar-refractivity contribution is 7.98. The predicted octanol–water partition coefficient (Wildman–Crippen LogP) is 3.82. The van der Waals surface area contributed by atoms with Crippen LogP contribution in [0.25, 0.3) is 0 Å². The van der Waals surface area contributed by atoms with Crippen LogP contribution in [0.1, 0.15) is 28.7 Å². The summed E-state index contributed by atoms with van der Waals surface area (Å²) in [7, 11) is -3.56. The first kappa shape index (κ1) is 23.3. The number of hydrogen-bond donors (Lipinski definition) is 1. The van der Waals surface area contributed by atoms with Gasteiger partial charge in [0, 0.05) is 12.3 Å². The third-order valence-corrected chi connectivity index (χ3v) is 6.91. The van der Waals surface area contributed by atoms with Crippen molar-refractivity contribution in [3.63, 3.8) is 0 Å². The Morgan fingerprint density at radius 2 is 1.83 bits per heavy atom. The van der Waals surface area contributed by atoms with E-state index < -0.39 is 10.0 Å². The third-order valence-electron chi connectivity index (χ3n) is 4.67. The van der Waals surface area contributed by atoms with E-state index in [0.717, 1.165) is 35.3 Å². The van der Waals surface area contributed by atoms with Crippen LogP contribution in [0, 0.1) is 20.8 Å². The van der Waals surface area contributed by atoms with Gasteiger partial charge in [-0.05, 0) is 55.7 Å². The number of hydrogen-bond acceptors (Lipinski definition) is 4. The smallest absolute Gasteiger partial charge is 0.240 e. The third kappa shape index (κ3) is 7.40. The van der Waals surface area contributed by atoms with Crippen LogP contribution in [0.15, 0.2) is 42.5 Å². The summed E-state index contributed by atoms with van der Waals surface area (Å²) < 4.78 is 25.7. The molecule has 0 heterocycles. The second kappa shape index (κ2) is 10.7. The largest absolute Gasteiger partial charge is 0.354 e. The normalized spacial score (nSPS) is 11.3. The van der Waals surface area contributed by atoms with Gasteiger partial charge >= 0.3 is 0 Å². The van der Waals surface area contributed by atoms with Gasteiger partial charge in [-0.1, -0.05) is 42.0 Å². The molecule has 0 saturated carbocycles. The molecule has 0 unspecified atom stereocenters. The molecule has 0 aliphatic heterocycles. The maximum absolute atomic E-state index is 12.3. The highest BCUT2D eigenvalue weighted by Gasteiger charge is 2.22. The minimum absolute atomic E-state index is 0.209. The number of benzene rings is 2. The van der Waals surface area contributed by atoms with E-state index in [1.54, 1.807) is 12.1 Å². The number of carbonyl (C=O) groups excluding carboxylic acids is 1. The molecule has 0 spiro atoms. The lowest BCUT2D eigenvalue weighted by molar-refractivity contribution is -0.119. The lowest BCUT2D eigenvalue weighted by Crippen LogP contribution is -2.41. The summed E-state index contributed by atoms with van der Waals surface area (Å²) in [6.07, 6.45) is 1.97. The van der Waals surface area contributed by atoms with E-state index in [4.69, 9.17) is 0 Å². The molecule has 2 aromatic rings. The lowest BCUT2D eigenvalue weighted by Gasteiger charge is -2.24. The molecule has 0 aliphatic rings. The number of carbonyl (C=O) groups is 1. The van der Waals surface area contributed by atoms with Crippen molar-refractivity contribution in [2.24, 2.45) is 0 Å². The molecule has 0 atom stereocenters. The molecule has 0 aromatic heterocycles. The minimum atomic E-state index is -3.56. The van der Waals surface area contributed by atoms with Crippen LogP contribution in [0.2, 0.25) is 0 Å². The van der Waals surface area contributed by atoms with Gasteiger partial charge in [-0.3, -0.25) is 9.10 Å². The van der Waals surface area contributed by atoms with Gasteiger partial charge in [-0.2, -0.15) is 11.8 Å². The quantitative estimate of drug-likeness (QED) is 0.578. The van der Waals surface area contributed by atoms with Gasteiger partial charge in [0.2, 0.25) is 15.9 Å². The van der Waals surface area contributed by atoms with Crippen LogP contribution in [0.5, 0.6) is 0 Å². The van der Waals surface area contributed by atoms with Crippen molar-refractivity contribution >= 4 is 33.4 Å². The summed E-state index contributed by atoms with van der Waals surface area (Å²) in [5.74, 6) is 1.59. The number of aryl methyl sites for hydroxylation is 2. The number of amides is 1. The van der Waals surface area contributed by atoms with Crippen molar-refractivity contribution in [3.05, 3.63) is 64.7 Å². The second-order valence-electron chi connectivity index (χ2n) is 7.23. The van der Waals surface area contributed by atoms with Gasteiger partial charge in [0.15, 0.2) is 0 Å². The molecule has 5 nitrogen and oxygen atoms in total. The molecule has 0 aliphatic carbocycles. The van der Waals surface area contributed by atoms with Crippen molar-refractivity contribution in [3.8, 4) is 0 Å². The average molecular weight is 435 g/mol. The standard InChI is InChI=1S/C22H30N2O3S2/c1-17-8-5-10-20(14-17)16-28-13-7-12-23-22(25)15-24(29(4,26)27)21-11-6-9-18(2)19(21)3/h5-6,8-11,14H,7,12-13,15-16H2,1-4H3,(H,23,25). The maximum Gasteiger partial charge on any atom is 0.240 e. The Balaban J connectivity index is 1.81. The zero-order valence-electron chi connectivity index (χ0n) is 17.6. The molecule has 2 rings (SSSR count). The molecule has 29 heavy (non-hydrogen) atoms. The second-order valence-corrected chi connectivity index (χ2v) is 10.2. The van der Waals surface area contributed by atoms with Gasteiger partial charge in [0.1, 0.15) is 6.54 Å². The Morgan fingerprint density at radius 3 is 2.52 bits per heavy atom. The van der Waals surface area contributed by atoms with Gasteiger partial charge < -0.3 is 5.32 Å². The fourth-order valence-corrected chi connectivity index (χ4v) is 4.78. The summed E-state index contributed by atoms with van der Waals surface area (Å²) >= 11 is 1.83. The van der Waals surface area contributed by atoms with Gasteiger partial charge in [-0.25, -0.2) is 8.42 Å². The molecule has 0 fully saturated rings. The molecule has 1 amide bonds. The Hall–Kier alpha value is -1.99. The molecular weight excluding hydrogens is 404 g/mol. The first-order chi connectivity index (χ1) is 13.7. The van der Waals surface area contributed by atoms with E-state index in [-0.39, 0.29) is 12.5 Å². The fraction of sp³-hybridized carbons (Fsp3) is 0.409. The van der Waals surface area contributed by atoms with Crippen LogP contribution in [0.4, 0.5) is 5.69 Å². The molecule has 158 valence electrons. The van der Waals surface area contributed by atoms with Gasteiger partial charge in [0.05, 0.1) is 11.9 Å². The van der Waals surface area contributed by atoms with Crippen molar-refractivity contribution in [2.75, 3.05) is 29.4 Å². The SMILES string of the molecule is Cc1cccc(CSCCCNC(=O)CN(c2cccc(C)c2C)S(C)(=O)=O)c1. The number of thioether (sulfide) groups is 1. The highest BCUT2D eigenvalue weighted by Crippen LogP contribution is 2.24. The molecular formula is C22H30N2O3S2. The molecule has 7 heteroatoms. The summed E-state index contributed by atoms with van der Waals surface area (Å²) in [5, 5.41) is 2.84. The lowest BCUT2D eigenvalue weighted by atomic mass is 10.1. The topological polar surface area (TPSA) is 66.5 Å². The molecule has 0 bridgehead atoms. The van der Waals surface area contributed by atoms with E-state index >= 15 is 0 Å². The highest BCUT2D eigenvalue weighted by atomic mass is 32.2. The summed E-state index contributed by atoms with van der Waals surface area (Å²) in [5.41, 5.74) is 4.96. The Bertz CT molecular complexity index is 943. The maximum atomic E-state index is 12.3. The zero-order chi connectivity index (χ0) is 21.4. The number of anilines is 1. The van der Waals surface area contributed by atoms with E-state index in [2.05, 4.69) is 36.5 Å². The molecule has 1 N–H and O–H groups in total. The fourth-order valence-electron chi connectivity index (χ4n) is 2.97. The number of nitrogens with one attached hydrogen (secondary N) is 1. The summed E-state index contributed by atoms with van der Waals surface area (Å²) in [6.45, 7) is 6.20. The van der Waals surface area contributed by atoms with Gasteiger partial charge in [0.25, 0.3) is 0 Å². The Labute approximate surface area is 178 Å². The number of rotatable bonds is 10. The van der Waals surface area contributed by atoms with Crippen molar-refractivity contribution in [1.82, 2.24) is 5.32 Å². The molecule has 0 radical (unpaired) electrons. The Kier molecular flexibility index (Phi) is 8.59. The van der Waals surface area contributed by atoms with E-state index in [1.165, 1.54) is 15.4 Å². The van der Waals surface area contributed by atoms with Crippen LogP contribution in [0.3, 0.4) is 0 Å². The molecule has 2 aromatic carbocycles. The van der Waals surface area contributed by atoms with Crippen LogP contribution in [-0.2, 0) is 20.6 Å². The number of nitrogens with zero attached hydrogens (tertiary/aromatic N) is 1. The monoisotopic (exact) mass is 434 g/mol. The van der Waals surface area contributed by atoms with Crippen molar-refractivity contribution in [2.45, 2.75) is 32.9 Å². The Morgan fingerprint density at radius 1 is 1.10 bits per heavy atom. The van der Waals surface area contributed by atoms with Crippen LogP contribution >= 0.6 is 11.8 Å².